The molecule has 2 nitrogen and oxygen atoms in total. The first-order valence-electron chi connectivity index (χ1n) is 3.59. The van der Waals surface area contributed by atoms with Crippen molar-refractivity contribution in [2.24, 2.45) is 0 Å². The molecular weight excluding hydrogens is 124 g/mol. The van der Waals surface area contributed by atoms with Crippen molar-refractivity contribution in [3.8, 4) is 0 Å². The van der Waals surface area contributed by atoms with Crippen molar-refractivity contribution in [3.63, 3.8) is 0 Å². The average Bonchev–Trinajstić information content (AvgIpc) is 2.05. The van der Waals surface area contributed by atoms with Crippen LogP contribution in [0, 0.1) is 0 Å². The second-order valence-electron chi connectivity index (χ2n) is 2.47. The van der Waals surface area contributed by atoms with Gasteiger partial charge in [0.25, 0.3) is 0 Å². The molecule has 0 radical (unpaired) electrons. The SMILES string of the molecule is C=CC1CN(C=C)CCN1. The Morgan fingerprint density at radius 1 is 1.50 bits per heavy atom. The molecule has 1 aliphatic rings. The van der Waals surface area contributed by atoms with Gasteiger partial charge in [0.15, 0.2) is 0 Å². The first-order chi connectivity index (χ1) is 4.86. The van der Waals surface area contributed by atoms with E-state index in [1.807, 2.05) is 12.3 Å². The van der Waals surface area contributed by atoms with Gasteiger partial charge in [-0.1, -0.05) is 12.7 Å². The van der Waals surface area contributed by atoms with E-state index in [1.54, 1.807) is 0 Å². The predicted molar refractivity (Wildman–Crippen MR) is 43.8 cm³/mol. The Kier molecular flexibility index (Phi) is 2.51. The van der Waals surface area contributed by atoms with Crippen LogP contribution in [-0.2, 0) is 0 Å². The van der Waals surface area contributed by atoms with Crippen molar-refractivity contribution in [2.75, 3.05) is 19.6 Å². The minimum Gasteiger partial charge on any atom is -0.375 e. The maximum absolute atomic E-state index is 3.73. The predicted octanol–water partition coefficient (Wildman–Crippen LogP) is 0.590. The Labute approximate surface area is 62.2 Å². The maximum atomic E-state index is 3.73. The molecule has 1 rings (SSSR count). The monoisotopic (exact) mass is 138 g/mol. The van der Waals surface area contributed by atoms with E-state index in [-0.39, 0.29) is 0 Å². The van der Waals surface area contributed by atoms with E-state index >= 15 is 0 Å². The molecule has 1 unspecified atom stereocenters. The highest BCUT2D eigenvalue weighted by Gasteiger charge is 2.12. The highest BCUT2D eigenvalue weighted by Crippen LogP contribution is 1.98. The molecule has 2 heteroatoms. The van der Waals surface area contributed by atoms with Crippen molar-refractivity contribution >= 4 is 0 Å². The fraction of sp³-hybridized carbons (Fsp3) is 0.500. The Balaban J connectivity index is 2.38. The second kappa shape index (κ2) is 3.42. The molecular formula is C8H14N2. The third-order valence-electron chi connectivity index (χ3n) is 1.78. The quantitative estimate of drug-likeness (QED) is 0.562. The Bertz CT molecular complexity index is 117. The van der Waals surface area contributed by atoms with Gasteiger partial charge in [0.1, 0.15) is 0 Å². The molecule has 1 saturated heterocycles. The second-order valence-corrected chi connectivity index (χ2v) is 2.47. The van der Waals surface area contributed by atoms with Crippen molar-refractivity contribution in [1.82, 2.24) is 10.2 Å². The number of hydrogen-bond donors (Lipinski definition) is 1. The van der Waals surface area contributed by atoms with Gasteiger partial charge < -0.3 is 10.2 Å². The molecule has 1 heterocycles. The van der Waals surface area contributed by atoms with Gasteiger partial charge in [-0.2, -0.15) is 0 Å². The van der Waals surface area contributed by atoms with Crippen LogP contribution in [0.4, 0.5) is 0 Å². The molecule has 0 aliphatic carbocycles. The van der Waals surface area contributed by atoms with Gasteiger partial charge in [0.05, 0.1) is 0 Å². The fourth-order valence-electron chi connectivity index (χ4n) is 1.13. The summed E-state index contributed by atoms with van der Waals surface area (Å²) in [4.78, 5) is 2.20. The lowest BCUT2D eigenvalue weighted by atomic mass is 10.2. The smallest absolute Gasteiger partial charge is 0.0425 e. The van der Waals surface area contributed by atoms with Gasteiger partial charge >= 0.3 is 0 Å². The van der Waals surface area contributed by atoms with Gasteiger partial charge in [0, 0.05) is 25.7 Å². The highest BCUT2D eigenvalue weighted by atomic mass is 15.2. The van der Waals surface area contributed by atoms with Crippen molar-refractivity contribution in [1.29, 1.82) is 0 Å². The minimum atomic E-state index is 0.437. The van der Waals surface area contributed by atoms with E-state index in [1.165, 1.54) is 0 Å². The molecule has 56 valence electrons. The summed E-state index contributed by atoms with van der Waals surface area (Å²) in [7, 11) is 0. The van der Waals surface area contributed by atoms with Crippen LogP contribution in [-0.4, -0.2) is 30.6 Å². The molecule has 0 amide bonds. The molecule has 0 spiro atoms. The van der Waals surface area contributed by atoms with Crippen LogP contribution in [0.15, 0.2) is 25.4 Å². The summed E-state index contributed by atoms with van der Waals surface area (Å²) in [6.45, 7) is 10.5. The van der Waals surface area contributed by atoms with Crippen LogP contribution in [0.2, 0.25) is 0 Å². The summed E-state index contributed by atoms with van der Waals surface area (Å²) in [5, 5.41) is 3.33. The Hall–Kier alpha value is -0.760. The summed E-state index contributed by atoms with van der Waals surface area (Å²) in [6, 6.07) is 0.437. The summed E-state index contributed by atoms with van der Waals surface area (Å²) in [5.74, 6) is 0. The van der Waals surface area contributed by atoms with Crippen LogP contribution in [0.25, 0.3) is 0 Å². The van der Waals surface area contributed by atoms with Gasteiger partial charge in [-0.25, -0.2) is 0 Å². The number of hydrogen-bond acceptors (Lipinski definition) is 2. The van der Waals surface area contributed by atoms with E-state index < -0.39 is 0 Å². The maximum Gasteiger partial charge on any atom is 0.0425 e. The third-order valence-corrected chi connectivity index (χ3v) is 1.78. The largest absolute Gasteiger partial charge is 0.375 e. The van der Waals surface area contributed by atoms with Gasteiger partial charge in [-0.05, 0) is 6.20 Å². The minimum absolute atomic E-state index is 0.437. The number of piperazine rings is 1. The van der Waals surface area contributed by atoms with E-state index in [0.29, 0.717) is 6.04 Å². The molecule has 1 N–H and O–H groups in total. The van der Waals surface area contributed by atoms with E-state index in [4.69, 9.17) is 0 Å². The fourth-order valence-corrected chi connectivity index (χ4v) is 1.13. The van der Waals surface area contributed by atoms with E-state index in [0.717, 1.165) is 19.6 Å². The van der Waals surface area contributed by atoms with Crippen molar-refractivity contribution in [2.45, 2.75) is 6.04 Å². The zero-order valence-corrected chi connectivity index (χ0v) is 6.21. The van der Waals surface area contributed by atoms with Crippen LogP contribution in [0.3, 0.4) is 0 Å². The van der Waals surface area contributed by atoms with Crippen LogP contribution in [0.1, 0.15) is 0 Å². The summed E-state index contributed by atoms with van der Waals surface area (Å²) in [6.07, 6.45) is 3.83. The summed E-state index contributed by atoms with van der Waals surface area (Å²) < 4.78 is 0. The zero-order valence-electron chi connectivity index (χ0n) is 6.21. The summed E-state index contributed by atoms with van der Waals surface area (Å²) >= 11 is 0. The standard InChI is InChI=1S/C8H14N2/c1-3-8-7-10(4-2)6-5-9-8/h3-4,8-9H,1-2,5-7H2. The normalized spacial score (nSPS) is 26.0. The molecule has 0 aromatic heterocycles. The average molecular weight is 138 g/mol. The van der Waals surface area contributed by atoms with Crippen molar-refractivity contribution < 1.29 is 0 Å². The number of rotatable bonds is 2. The summed E-state index contributed by atoms with van der Waals surface area (Å²) in [5.41, 5.74) is 0. The molecule has 1 fully saturated rings. The molecule has 0 aromatic carbocycles. The van der Waals surface area contributed by atoms with E-state index in [2.05, 4.69) is 23.4 Å². The Morgan fingerprint density at radius 3 is 2.90 bits per heavy atom. The first kappa shape index (κ1) is 7.35. The van der Waals surface area contributed by atoms with Crippen molar-refractivity contribution in [3.05, 3.63) is 25.4 Å². The highest BCUT2D eigenvalue weighted by molar-refractivity contribution is 4.93. The molecule has 0 saturated carbocycles. The van der Waals surface area contributed by atoms with Gasteiger partial charge in [-0.15, -0.1) is 6.58 Å². The van der Waals surface area contributed by atoms with Crippen LogP contribution < -0.4 is 5.32 Å². The lowest BCUT2D eigenvalue weighted by Gasteiger charge is -2.30. The molecule has 1 atom stereocenters. The van der Waals surface area contributed by atoms with Gasteiger partial charge in [-0.3, -0.25) is 0 Å². The molecule has 1 aliphatic heterocycles. The molecule has 10 heavy (non-hydrogen) atoms. The van der Waals surface area contributed by atoms with Crippen LogP contribution in [0.5, 0.6) is 0 Å². The van der Waals surface area contributed by atoms with Crippen LogP contribution >= 0.6 is 0 Å². The topological polar surface area (TPSA) is 15.3 Å². The Morgan fingerprint density at radius 2 is 2.30 bits per heavy atom. The lowest BCUT2D eigenvalue weighted by Crippen LogP contribution is -2.47. The number of nitrogens with one attached hydrogen (secondary N) is 1. The third kappa shape index (κ3) is 1.61. The first-order valence-corrected chi connectivity index (χ1v) is 3.59. The molecule has 0 bridgehead atoms. The number of nitrogens with zero attached hydrogens (tertiary/aromatic N) is 1. The molecule has 0 aromatic rings. The van der Waals surface area contributed by atoms with E-state index in [9.17, 15) is 0 Å². The lowest BCUT2D eigenvalue weighted by molar-refractivity contribution is 0.292. The zero-order chi connectivity index (χ0) is 7.40. The van der Waals surface area contributed by atoms with Gasteiger partial charge in [0.2, 0.25) is 0 Å².